The van der Waals surface area contributed by atoms with Gasteiger partial charge >= 0.3 is 13.8 Å². The van der Waals surface area contributed by atoms with Gasteiger partial charge < -0.3 is 9.79 Å². The fourth-order valence-corrected chi connectivity index (χ4v) is 1.30. The summed E-state index contributed by atoms with van der Waals surface area (Å²) in [6.07, 6.45) is -5.50. The van der Waals surface area contributed by atoms with Gasteiger partial charge in [-0.25, -0.2) is 0 Å². The molecule has 7 heteroatoms. The first-order chi connectivity index (χ1) is 5.17. The predicted octanol–water partition coefficient (Wildman–Crippen LogP) is 1.67. The Balaban J connectivity index is 4.41. The molecule has 12 heavy (non-hydrogen) atoms. The smallest absolute Gasteiger partial charge is 0.324 e. The lowest BCUT2D eigenvalue weighted by Crippen LogP contribution is -2.17. The van der Waals surface area contributed by atoms with Gasteiger partial charge in [-0.2, -0.15) is 13.2 Å². The van der Waals surface area contributed by atoms with Crippen LogP contribution in [-0.2, 0) is 4.57 Å². The highest BCUT2D eigenvalue weighted by molar-refractivity contribution is 7.52. The number of hydrogen-bond acceptors (Lipinski definition) is 1. The molecule has 0 aromatic heterocycles. The third-order valence-electron chi connectivity index (χ3n) is 1.14. The normalized spacial score (nSPS) is 15.8. The van der Waals surface area contributed by atoms with E-state index < -0.39 is 25.9 Å². The minimum absolute atomic E-state index is 0.619. The summed E-state index contributed by atoms with van der Waals surface area (Å²) < 4.78 is 45.3. The summed E-state index contributed by atoms with van der Waals surface area (Å²) in [7, 11) is -4.71. The standard InChI is InChI=1S/C5H8F3O3P/c1-2-4(12(9,10)11)3-5(6,7)8/h2,4H,1,3H2,(H2,9,10,11). The van der Waals surface area contributed by atoms with E-state index in [-0.39, 0.29) is 0 Å². The number of allylic oxidation sites excluding steroid dienone is 1. The molecule has 0 bridgehead atoms. The lowest BCUT2D eigenvalue weighted by atomic mass is 10.3. The summed E-state index contributed by atoms with van der Waals surface area (Å²) >= 11 is 0. The van der Waals surface area contributed by atoms with Crippen molar-refractivity contribution < 1.29 is 27.5 Å². The number of alkyl halides is 3. The Kier molecular flexibility index (Phi) is 3.50. The van der Waals surface area contributed by atoms with Crippen LogP contribution in [0, 0.1) is 0 Å². The Morgan fingerprint density at radius 1 is 1.50 bits per heavy atom. The van der Waals surface area contributed by atoms with Crippen molar-refractivity contribution in [2.75, 3.05) is 0 Å². The molecule has 0 aromatic carbocycles. The van der Waals surface area contributed by atoms with E-state index in [0.717, 1.165) is 0 Å². The van der Waals surface area contributed by atoms with Crippen LogP contribution in [0.4, 0.5) is 13.2 Å². The second-order valence-electron chi connectivity index (χ2n) is 2.21. The molecule has 1 atom stereocenters. The van der Waals surface area contributed by atoms with E-state index in [0.29, 0.717) is 6.08 Å². The Hall–Kier alpha value is -0.320. The molecule has 0 aliphatic rings. The highest BCUT2D eigenvalue weighted by Gasteiger charge is 2.38. The average molecular weight is 204 g/mol. The van der Waals surface area contributed by atoms with Crippen molar-refractivity contribution in [3.63, 3.8) is 0 Å². The molecule has 0 saturated carbocycles. The maximum Gasteiger partial charge on any atom is 0.390 e. The molecule has 0 heterocycles. The molecule has 0 amide bonds. The minimum atomic E-state index is -4.71. The molecule has 0 aliphatic carbocycles. The van der Waals surface area contributed by atoms with Crippen molar-refractivity contribution in [3.05, 3.63) is 12.7 Å². The van der Waals surface area contributed by atoms with Gasteiger partial charge in [0, 0.05) is 0 Å². The van der Waals surface area contributed by atoms with Crippen LogP contribution in [0.5, 0.6) is 0 Å². The Bertz CT molecular complexity index is 206. The first-order valence-corrected chi connectivity index (χ1v) is 4.59. The second-order valence-corrected chi connectivity index (χ2v) is 4.05. The van der Waals surface area contributed by atoms with E-state index in [4.69, 9.17) is 9.79 Å². The highest BCUT2D eigenvalue weighted by Crippen LogP contribution is 2.46. The van der Waals surface area contributed by atoms with Crippen LogP contribution in [0.3, 0.4) is 0 Å². The summed E-state index contributed by atoms with van der Waals surface area (Å²) in [5.41, 5.74) is -1.84. The fourth-order valence-electron chi connectivity index (χ4n) is 0.577. The highest BCUT2D eigenvalue weighted by atomic mass is 31.2. The first kappa shape index (κ1) is 11.7. The van der Waals surface area contributed by atoms with Gasteiger partial charge in [-0.3, -0.25) is 4.57 Å². The van der Waals surface area contributed by atoms with Crippen molar-refractivity contribution in [2.24, 2.45) is 0 Å². The minimum Gasteiger partial charge on any atom is -0.324 e. The van der Waals surface area contributed by atoms with E-state index in [1.54, 1.807) is 0 Å². The molecule has 3 nitrogen and oxygen atoms in total. The molecule has 0 aromatic rings. The lowest BCUT2D eigenvalue weighted by Gasteiger charge is -2.15. The molecule has 1 unspecified atom stereocenters. The molecular weight excluding hydrogens is 196 g/mol. The van der Waals surface area contributed by atoms with Gasteiger partial charge in [-0.1, -0.05) is 6.08 Å². The van der Waals surface area contributed by atoms with Crippen molar-refractivity contribution in [3.8, 4) is 0 Å². The van der Waals surface area contributed by atoms with Gasteiger partial charge in [0.25, 0.3) is 0 Å². The van der Waals surface area contributed by atoms with Crippen LogP contribution in [-0.4, -0.2) is 21.6 Å². The Morgan fingerprint density at radius 2 is 1.92 bits per heavy atom. The van der Waals surface area contributed by atoms with Gasteiger partial charge in [0.15, 0.2) is 0 Å². The molecule has 0 spiro atoms. The van der Waals surface area contributed by atoms with Gasteiger partial charge in [-0.05, 0) is 0 Å². The van der Waals surface area contributed by atoms with Crippen molar-refractivity contribution >= 4 is 7.60 Å². The average Bonchev–Trinajstić information content (AvgIpc) is 1.78. The fraction of sp³-hybridized carbons (Fsp3) is 0.600. The van der Waals surface area contributed by atoms with E-state index in [1.165, 1.54) is 0 Å². The van der Waals surface area contributed by atoms with Crippen LogP contribution in [0.2, 0.25) is 0 Å². The molecule has 72 valence electrons. The molecule has 0 saturated heterocycles. The van der Waals surface area contributed by atoms with E-state index in [9.17, 15) is 17.7 Å². The van der Waals surface area contributed by atoms with Crippen LogP contribution in [0.15, 0.2) is 12.7 Å². The van der Waals surface area contributed by atoms with Crippen molar-refractivity contribution in [1.29, 1.82) is 0 Å². The third-order valence-corrected chi connectivity index (χ3v) is 2.40. The second kappa shape index (κ2) is 3.60. The van der Waals surface area contributed by atoms with E-state index >= 15 is 0 Å². The van der Waals surface area contributed by atoms with Gasteiger partial charge in [-0.15, -0.1) is 6.58 Å². The zero-order valence-corrected chi connectivity index (χ0v) is 6.85. The molecule has 0 fully saturated rings. The molecule has 2 N–H and O–H groups in total. The Labute approximate surface area is 67.1 Å². The van der Waals surface area contributed by atoms with Crippen LogP contribution in [0.25, 0.3) is 0 Å². The van der Waals surface area contributed by atoms with E-state index in [1.807, 2.05) is 0 Å². The largest absolute Gasteiger partial charge is 0.390 e. The van der Waals surface area contributed by atoms with E-state index in [2.05, 4.69) is 6.58 Å². The SMILES string of the molecule is C=CC(CC(F)(F)F)P(=O)(O)O. The third kappa shape index (κ3) is 4.54. The maximum atomic E-state index is 11.6. The molecule has 0 aliphatic heterocycles. The summed E-state index contributed by atoms with van der Waals surface area (Å²) in [6, 6.07) is 0. The number of halogens is 3. The van der Waals surface area contributed by atoms with Crippen molar-refractivity contribution in [2.45, 2.75) is 18.3 Å². The zero-order valence-electron chi connectivity index (χ0n) is 5.95. The summed E-state index contributed by atoms with van der Waals surface area (Å²) in [5, 5.41) is 0. The lowest BCUT2D eigenvalue weighted by molar-refractivity contribution is -0.133. The van der Waals surface area contributed by atoms with Gasteiger partial charge in [0.2, 0.25) is 0 Å². The number of hydrogen-bond donors (Lipinski definition) is 2. The van der Waals surface area contributed by atoms with Gasteiger partial charge in [0.1, 0.15) is 0 Å². The van der Waals surface area contributed by atoms with Crippen LogP contribution in [0.1, 0.15) is 6.42 Å². The monoisotopic (exact) mass is 204 g/mol. The summed E-state index contributed by atoms with van der Waals surface area (Å²) in [6.45, 7) is 2.92. The first-order valence-electron chi connectivity index (χ1n) is 2.91. The number of rotatable bonds is 3. The quantitative estimate of drug-likeness (QED) is 0.543. The molecule has 0 radical (unpaired) electrons. The summed E-state index contributed by atoms with van der Waals surface area (Å²) in [4.78, 5) is 16.8. The Morgan fingerprint density at radius 3 is 2.00 bits per heavy atom. The van der Waals surface area contributed by atoms with Crippen LogP contribution < -0.4 is 0 Å². The van der Waals surface area contributed by atoms with Gasteiger partial charge in [0.05, 0.1) is 12.1 Å². The molecule has 0 rings (SSSR count). The van der Waals surface area contributed by atoms with Crippen molar-refractivity contribution in [1.82, 2.24) is 0 Å². The maximum absolute atomic E-state index is 11.6. The predicted molar refractivity (Wildman–Crippen MR) is 36.7 cm³/mol. The van der Waals surface area contributed by atoms with Crippen LogP contribution >= 0.6 is 7.60 Å². The molecular formula is C5H8F3O3P. The summed E-state index contributed by atoms with van der Waals surface area (Å²) in [5.74, 6) is 0. The zero-order chi connectivity index (χ0) is 9.99. The topological polar surface area (TPSA) is 57.5 Å².